The van der Waals surface area contributed by atoms with Crippen molar-refractivity contribution in [2.45, 2.75) is 71.0 Å². The van der Waals surface area contributed by atoms with E-state index in [2.05, 4.69) is 98.3 Å². The standard InChI is InChI=1S/C12H26I3PS/c1-4-6-8-11(3)9-7-10-12(5-2)17-16(13,14)15/h11-12,16H,4-10H2,1-3H3/t11-,12?/m0/s1. The van der Waals surface area contributed by atoms with Crippen molar-refractivity contribution >= 4 is 76.9 Å². The molecule has 0 aliphatic rings. The third-order valence-electron chi connectivity index (χ3n) is 3.03. The SMILES string of the molecule is CCCC[C@H](C)CCCC(CC)S[PH](I)(I)I. The molecule has 0 rings (SSSR count). The molecule has 0 aromatic heterocycles. The van der Waals surface area contributed by atoms with E-state index >= 15 is 0 Å². The van der Waals surface area contributed by atoms with Gasteiger partial charge < -0.3 is 0 Å². The van der Waals surface area contributed by atoms with E-state index in [0.717, 1.165) is 11.2 Å². The van der Waals surface area contributed by atoms with Gasteiger partial charge in [-0.25, -0.2) is 0 Å². The van der Waals surface area contributed by atoms with Gasteiger partial charge >= 0.3 is 154 Å². The first-order valence-corrected chi connectivity index (χ1v) is 19.6. The molecule has 0 amide bonds. The van der Waals surface area contributed by atoms with Crippen LogP contribution in [0, 0.1) is 5.92 Å². The van der Waals surface area contributed by atoms with Crippen LogP contribution >= 0.6 is 76.9 Å². The zero-order valence-electron chi connectivity index (χ0n) is 11.1. The first-order chi connectivity index (χ1) is 7.89. The molecule has 0 spiro atoms. The van der Waals surface area contributed by atoms with E-state index in [1.807, 2.05) is 0 Å². The number of halogens is 3. The van der Waals surface area contributed by atoms with E-state index < -0.39 is -0.608 Å². The van der Waals surface area contributed by atoms with Gasteiger partial charge in [0.25, 0.3) is 0 Å². The van der Waals surface area contributed by atoms with Gasteiger partial charge in [0.1, 0.15) is 0 Å². The zero-order valence-corrected chi connectivity index (χ0v) is 19.4. The Bertz CT molecular complexity index is 185. The van der Waals surface area contributed by atoms with Gasteiger partial charge in [-0.3, -0.25) is 0 Å². The van der Waals surface area contributed by atoms with Gasteiger partial charge in [0.15, 0.2) is 0 Å². The minimum atomic E-state index is -1.01. The minimum absolute atomic E-state index is 0.908. The molecule has 5 heteroatoms. The van der Waals surface area contributed by atoms with Crippen molar-refractivity contribution in [3.63, 3.8) is 0 Å². The number of unbranched alkanes of at least 4 members (excludes halogenated alkanes) is 1. The Kier molecular flexibility index (Phi) is 13.6. The monoisotopic (exact) mass is 614 g/mol. The summed E-state index contributed by atoms with van der Waals surface area (Å²) in [5.41, 5.74) is 0. The molecule has 1 unspecified atom stereocenters. The maximum atomic E-state index is 2.67. The summed E-state index contributed by atoms with van der Waals surface area (Å²) < 4.78 is -1.01. The molecule has 106 valence electrons. The number of hydrogen-bond donors (Lipinski definition) is 0. The zero-order chi connectivity index (χ0) is 13.3. The fourth-order valence-corrected chi connectivity index (χ4v) is 14.5. The number of hydrogen-bond acceptors (Lipinski definition) is 1. The van der Waals surface area contributed by atoms with Crippen LogP contribution in [0.3, 0.4) is 0 Å². The molecule has 0 saturated carbocycles. The molecule has 0 N–H and O–H groups in total. The fourth-order valence-electron chi connectivity index (χ4n) is 1.93. The predicted octanol–water partition coefficient (Wildman–Crippen LogP) is 8.21. The van der Waals surface area contributed by atoms with Crippen LogP contribution in [0.1, 0.15) is 65.7 Å². The molecular formula is C12H26I3PS. The number of rotatable bonds is 10. The average Bonchev–Trinajstić information content (AvgIpc) is 2.23. The molecule has 0 fully saturated rings. The van der Waals surface area contributed by atoms with Crippen LogP contribution in [0.2, 0.25) is 0 Å². The van der Waals surface area contributed by atoms with Gasteiger partial charge in [-0.05, 0) is 0 Å². The first kappa shape index (κ1) is 20.0. The van der Waals surface area contributed by atoms with Crippen LogP contribution in [0.4, 0.5) is 0 Å². The Balaban J connectivity index is 3.69. The van der Waals surface area contributed by atoms with Gasteiger partial charge in [0, 0.05) is 0 Å². The van der Waals surface area contributed by atoms with Crippen molar-refractivity contribution in [1.29, 1.82) is 0 Å². The molecule has 2 atom stereocenters. The summed E-state index contributed by atoms with van der Waals surface area (Å²) in [5, 5.41) is 0.908. The van der Waals surface area contributed by atoms with E-state index in [9.17, 15) is 0 Å². The summed E-state index contributed by atoms with van der Waals surface area (Å²) in [4.78, 5) is 0. The third kappa shape index (κ3) is 13.7. The van der Waals surface area contributed by atoms with Crippen molar-refractivity contribution in [1.82, 2.24) is 0 Å². The molecule has 0 aliphatic carbocycles. The molecule has 0 aliphatic heterocycles. The summed E-state index contributed by atoms with van der Waals surface area (Å²) in [5.74, 6) is 0.943. The van der Waals surface area contributed by atoms with E-state index in [4.69, 9.17) is 0 Å². The van der Waals surface area contributed by atoms with Crippen molar-refractivity contribution in [2.75, 3.05) is 0 Å². The molecule has 0 aromatic rings. The van der Waals surface area contributed by atoms with Crippen LogP contribution in [-0.2, 0) is 0 Å². The topological polar surface area (TPSA) is 0 Å². The second kappa shape index (κ2) is 11.6. The summed E-state index contributed by atoms with van der Waals surface area (Å²) in [6.07, 6.45) is 9.85. The quantitative estimate of drug-likeness (QED) is 0.177. The third-order valence-corrected chi connectivity index (χ3v) is 12.9. The van der Waals surface area contributed by atoms with Crippen LogP contribution < -0.4 is 0 Å². The van der Waals surface area contributed by atoms with Crippen LogP contribution in [0.25, 0.3) is 0 Å². The Hall–Kier alpha value is 2.97. The maximum absolute atomic E-state index is 2.67. The summed E-state index contributed by atoms with van der Waals surface area (Å²) in [6, 6.07) is 0. The summed E-state index contributed by atoms with van der Waals surface area (Å²) in [6.45, 7) is 7.07. The van der Waals surface area contributed by atoms with Crippen molar-refractivity contribution in [3.8, 4) is 0 Å². The predicted molar refractivity (Wildman–Crippen MR) is 115 cm³/mol. The molecule has 0 saturated heterocycles. The van der Waals surface area contributed by atoms with E-state index in [1.54, 1.807) is 0 Å². The Morgan fingerprint density at radius 2 is 1.59 bits per heavy atom. The van der Waals surface area contributed by atoms with Crippen LogP contribution in [0.5, 0.6) is 0 Å². The van der Waals surface area contributed by atoms with E-state index in [1.165, 1.54) is 44.9 Å². The molecule has 0 nitrogen and oxygen atoms in total. The van der Waals surface area contributed by atoms with Crippen molar-refractivity contribution in [3.05, 3.63) is 0 Å². The van der Waals surface area contributed by atoms with Gasteiger partial charge in [-0.1, -0.05) is 0 Å². The average molecular weight is 614 g/mol. The van der Waals surface area contributed by atoms with Gasteiger partial charge in [-0.2, -0.15) is 0 Å². The van der Waals surface area contributed by atoms with Gasteiger partial charge in [0.05, 0.1) is 0 Å². The summed E-state index contributed by atoms with van der Waals surface area (Å²) >= 11 is 10.3. The second-order valence-electron chi connectivity index (χ2n) is 4.77. The normalized spacial score (nSPS) is 16.8. The Labute approximate surface area is 152 Å². The van der Waals surface area contributed by atoms with Gasteiger partial charge in [0.2, 0.25) is 0 Å². The Morgan fingerprint density at radius 3 is 2.06 bits per heavy atom. The fraction of sp³-hybridized carbons (Fsp3) is 1.00. The van der Waals surface area contributed by atoms with E-state index in [0.29, 0.717) is 0 Å². The summed E-state index contributed by atoms with van der Waals surface area (Å²) in [7, 11) is 0. The Morgan fingerprint density at radius 1 is 1.00 bits per heavy atom. The first-order valence-electron chi connectivity index (χ1n) is 6.63. The van der Waals surface area contributed by atoms with E-state index in [-0.39, 0.29) is 0 Å². The van der Waals surface area contributed by atoms with Crippen molar-refractivity contribution < 1.29 is 0 Å². The molecule has 0 radical (unpaired) electrons. The molecular weight excluding hydrogens is 588 g/mol. The van der Waals surface area contributed by atoms with Gasteiger partial charge in [-0.15, -0.1) is 0 Å². The molecule has 0 aromatic carbocycles. The van der Waals surface area contributed by atoms with Crippen LogP contribution in [0.15, 0.2) is 0 Å². The second-order valence-corrected chi connectivity index (χ2v) is 48.8. The van der Waals surface area contributed by atoms with Crippen molar-refractivity contribution in [2.24, 2.45) is 5.92 Å². The molecule has 17 heavy (non-hydrogen) atoms. The van der Waals surface area contributed by atoms with Crippen LogP contribution in [-0.4, -0.2) is 5.25 Å². The molecule has 0 heterocycles. The molecule has 0 bridgehead atoms.